The number of nitriles is 1. The van der Waals surface area contributed by atoms with Crippen molar-refractivity contribution in [2.24, 2.45) is 0 Å². The lowest BCUT2D eigenvalue weighted by Gasteiger charge is -2.07. The maximum Gasteiger partial charge on any atom is 0.147 e. The van der Waals surface area contributed by atoms with Crippen molar-refractivity contribution in [3.8, 4) is 17.6 Å². The Balaban J connectivity index is 2.36. The molecule has 0 unspecified atom stereocenters. The van der Waals surface area contributed by atoms with Crippen molar-refractivity contribution in [2.45, 2.75) is 0 Å². The Morgan fingerprint density at radius 3 is 2.82 bits per heavy atom. The first kappa shape index (κ1) is 11.9. The first-order chi connectivity index (χ1) is 8.19. The fourth-order valence-electron chi connectivity index (χ4n) is 1.25. The smallest absolute Gasteiger partial charge is 0.147 e. The molecule has 0 bridgehead atoms. The average molecular weight is 310 g/mol. The predicted octanol–water partition coefficient (Wildman–Crippen LogP) is 4.16. The molecule has 2 aromatic rings. The zero-order valence-electron chi connectivity index (χ0n) is 8.52. The molecule has 0 aliphatic carbocycles. The Kier molecular flexibility index (Phi) is 3.62. The summed E-state index contributed by atoms with van der Waals surface area (Å²) in [6.45, 7) is 0. The normalized spacial score (nSPS) is 9.71. The molecule has 0 saturated heterocycles. The Hall–Kier alpha value is -1.57. The summed E-state index contributed by atoms with van der Waals surface area (Å²) in [5.41, 5.74) is 0.452. The van der Waals surface area contributed by atoms with Gasteiger partial charge in [0.05, 0.1) is 16.8 Å². The van der Waals surface area contributed by atoms with Gasteiger partial charge in [-0.25, -0.2) is 0 Å². The average Bonchev–Trinajstić information content (AvgIpc) is 2.29. The van der Waals surface area contributed by atoms with E-state index in [1.54, 1.807) is 24.3 Å². The Labute approximate surface area is 112 Å². The summed E-state index contributed by atoms with van der Waals surface area (Å²) in [5, 5.41) is 9.44. The van der Waals surface area contributed by atoms with Crippen LogP contribution in [-0.4, -0.2) is 4.98 Å². The van der Waals surface area contributed by atoms with Crippen LogP contribution >= 0.6 is 27.5 Å². The van der Waals surface area contributed by atoms with Crippen LogP contribution in [0.4, 0.5) is 0 Å². The molecular formula is C12H6BrClN2O. The molecular weight excluding hydrogens is 304 g/mol. The van der Waals surface area contributed by atoms with Gasteiger partial charge in [-0.15, -0.1) is 0 Å². The summed E-state index contributed by atoms with van der Waals surface area (Å²) in [5.74, 6) is 0.957. The molecule has 84 valence electrons. The van der Waals surface area contributed by atoms with Gasteiger partial charge in [0.15, 0.2) is 0 Å². The summed E-state index contributed by atoms with van der Waals surface area (Å²) < 4.78 is 6.40. The Bertz CT molecular complexity index is 595. The van der Waals surface area contributed by atoms with Gasteiger partial charge in [0.2, 0.25) is 0 Å². The number of pyridine rings is 1. The van der Waals surface area contributed by atoms with E-state index in [2.05, 4.69) is 27.0 Å². The minimum Gasteiger partial charge on any atom is -0.454 e. The number of rotatable bonds is 2. The second-order valence-electron chi connectivity index (χ2n) is 3.19. The van der Waals surface area contributed by atoms with E-state index in [9.17, 15) is 0 Å². The van der Waals surface area contributed by atoms with Gasteiger partial charge in [-0.2, -0.15) is 5.26 Å². The predicted molar refractivity (Wildman–Crippen MR) is 68.2 cm³/mol. The van der Waals surface area contributed by atoms with Crippen molar-refractivity contribution in [1.82, 2.24) is 4.98 Å². The standard InChI is InChI=1S/C12H6BrClN2O/c13-9-2-1-8(5-15)12(3-9)17-11-4-10(14)6-16-7-11/h1-4,6-7H. The zero-order valence-corrected chi connectivity index (χ0v) is 10.9. The van der Waals surface area contributed by atoms with Gasteiger partial charge < -0.3 is 4.74 Å². The topological polar surface area (TPSA) is 45.9 Å². The van der Waals surface area contributed by atoms with E-state index < -0.39 is 0 Å². The minimum atomic E-state index is 0.452. The fourth-order valence-corrected chi connectivity index (χ4v) is 1.75. The van der Waals surface area contributed by atoms with E-state index in [4.69, 9.17) is 21.6 Å². The largest absolute Gasteiger partial charge is 0.454 e. The van der Waals surface area contributed by atoms with Gasteiger partial charge in [0.1, 0.15) is 17.6 Å². The van der Waals surface area contributed by atoms with Crippen LogP contribution in [0.15, 0.2) is 41.1 Å². The molecule has 1 aromatic heterocycles. The molecule has 5 heteroatoms. The number of aromatic nitrogens is 1. The number of ether oxygens (including phenoxy) is 1. The summed E-state index contributed by atoms with van der Waals surface area (Å²) in [4.78, 5) is 3.91. The van der Waals surface area contributed by atoms with Crippen molar-refractivity contribution >= 4 is 27.5 Å². The molecule has 0 spiro atoms. The summed E-state index contributed by atoms with van der Waals surface area (Å²) in [6.07, 6.45) is 3.05. The van der Waals surface area contributed by atoms with Crippen LogP contribution in [0, 0.1) is 11.3 Å². The first-order valence-electron chi connectivity index (χ1n) is 4.67. The Morgan fingerprint density at radius 2 is 2.12 bits per heavy atom. The number of hydrogen-bond acceptors (Lipinski definition) is 3. The van der Waals surface area contributed by atoms with E-state index in [-0.39, 0.29) is 0 Å². The second-order valence-corrected chi connectivity index (χ2v) is 4.55. The lowest BCUT2D eigenvalue weighted by Crippen LogP contribution is -1.89. The quantitative estimate of drug-likeness (QED) is 0.836. The molecule has 17 heavy (non-hydrogen) atoms. The lowest BCUT2D eigenvalue weighted by atomic mass is 10.2. The minimum absolute atomic E-state index is 0.452. The van der Waals surface area contributed by atoms with Crippen molar-refractivity contribution in [3.63, 3.8) is 0 Å². The number of halogens is 2. The molecule has 0 radical (unpaired) electrons. The van der Waals surface area contributed by atoms with Crippen LogP contribution in [-0.2, 0) is 0 Å². The number of nitrogens with zero attached hydrogens (tertiary/aromatic N) is 2. The SMILES string of the molecule is N#Cc1ccc(Br)cc1Oc1cncc(Cl)c1. The highest BCUT2D eigenvalue weighted by molar-refractivity contribution is 9.10. The number of benzene rings is 1. The van der Waals surface area contributed by atoms with Gasteiger partial charge in [-0.1, -0.05) is 27.5 Å². The van der Waals surface area contributed by atoms with E-state index >= 15 is 0 Å². The van der Waals surface area contributed by atoms with Crippen LogP contribution in [0.1, 0.15) is 5.56 Å². The molecule has 3 nitrogen and oxygen atoms in total. The van der Waals surface area contributed by atoms with E-state index in [1.807, 2.05) is 0 Å². The molecule has 0 aliphatic heterocycles. The van der Waals surface area contributed by atoms with E-state index in [0.717, 1.165) is 4.47 Å². The van der Waals surface area contributed by atoms with E-state index in [0.29, 0.717) is 22.1 Å². The number of hydrogen-bond donors (Lipinski definition) is 0. The summed E-state index contributed by atoms with van der Waals surface area (Å²) in [7, 11) is 0. The zero-order chi connectivity index (χ0) is 12.3. The maximum atomic E-state index is 8.95. The third-order valence-corrected chi connectivity index (χ3v) is 2.67. The molecule has 0 fully saturated rings. The monoisotopic (exact) mass is 308 g/mol. The lowest BCUT2D eigenvalue weighted by molar-refractivity contribution is 0.478. The van der Waals surface area contributed by atoms with Crippen LogP contribution < -0.4 is 4.74 Å². The summed E-state index contributed by atoms with van der Waals surface area (Å²) in [6, 6.07) is 8.87. The maximum absolute atomic E-state index is 8.95. The second kappa shape index (κ2) is 5.17. The van der Waals surface area contributed by atoms with Gasteiger partial charge in [-0.05, 0) is 18.2 Å². The molecule has 0 aliphatic rings. The first-order valence-corrected chi connectivity index (χ1v) is 5.84. The highest BCUT2D eigenvalue weighted by Gasteiger charge is 2.06. The van der Waals surface area contributed by atoms with Crippen LogP contribution in [0.25, 0.3) is 0 Å². The molecule has 0 saturated carbocycles. The molecule has 0 atom stereocenters. The van der Waals surface area contributed by atoms with Crippen LogP contribution in [0.5, 0.6) is 11.5 Å². The molecule has 1 aromatic carbocycles. The molecule has 2 rings (SSSR count). The van der Waals surface area contributed by atoms with Gasteiger partial charge >= 0.3 is 0 Å². The molecule has 0 N–H and O–H groups in total. The van der Waals surface area contributed by atoms with E-state index in [1.165, 1.54) is 12.4 Å². The fraction of sp³-hybridized carbons (Fsp3) is 0. The third kappa shape index (κ3) is 2.96. The van der Waals surface area contributed by atoms with Crippen molar-refractivity contribution < 1.29 is 4.74 Å². The van der Waals surface area contributed by atoms with Crippen LogP contribution in [0.3, 0.4) is 0 Å². The summed E-state index contributed by atoms with van der Waals surface area (Å²) >= 11 is 9.12. The Morgan fingerprint density at radius 1 is 1.29 bits per heavy atom. The van der Waals surface area contributed by atoms with Crippen molar-refractivity contribution in [1.29, 1.82) is 5.26 Å². The molecule has 1 heterocycles. The highest BCUT2D eigenvalue weighted by Crippen LogP contribution is 2.28. The third-order valence-electron chi connectivity index (χ3n) is 1.97. The van der Waals surface area contributed by atoms with Crippen molar-refractivity contribution in [2.75, 3.05) is 0 Å². The van der Waals surface area contributed by atoms with Gasteiger partial charge in [0.25, 0.3) is 0 Å². The molecule has 0 amide bonds. The van der Waals surface area contributed by atoms with Crippen LogP contribution in [0.2, 0.25) is 5.02 Å². The highest BCUT2D eigenvalue weighted by atomic mass is 79.9. The van der Waals surface area contributed by atoms with Gasteiger partial charge in [-0.3, -0.25) is 4.98 Å². The van der Waals surface area contributed by atoms with Crippen molar-refractivity contribution in [3.05, 3.63) is 51.7 Å². The van der Waals surface area contributed by atoms with Gasteiger partial charge in [0, 0.05) is 16.7 Å².